The van der Waals surface area contributed by atoms with Crippen molar-refractivity contribution in [2.75, 3.05) is 4.31 Å². The Morgan fingerprint density at radius 1 is 1.00 bits per heavy atom. The van der Waals surface area contributed by atoms with Crippen molar-refractivity contribution in [3.05, 3.63) is 90.7 Å². The Labute approximate surface area is 171 Å². The van der Waals surface area contributed by atoms with E-state index in [1.165, 1.54) is 20.1 Å². The molecule has 1 atom stereocenters. The second kappa shape index (κ2) is 8.25. The zero-order valence-electron chi connectivity index (χ0n) is 14.2. The number of benzene rings is 2. The van der Waals surface area contributed by atoms with Gasteiger partial charge in [0.25, 0.3) is 0 Å². The highest BCUT2D eigenvalue weighted by Gasteiger charge is 2.25. The summed E-state index contributed by atoms with van der Waals surface area (Å²) in [5.41, 5.74) is 3.49. The normalized spacial score (nSPS) is 16.4. The number of nitrogens with zero attached hydrogens (tertiary/aromatic N) is 3. The molecule has 134 valence electrons. The Morgan fingerprint density at radius 3 is 2.27 bits per heavy atom. The van der Waals surface area contributed by atoms with Gasteiger partial charge in [-0.1, -0.05) is 36.4 Å². The molecule has 1 aliphatic heterocycles. The maximum absolute atomic E-state index is 4.35. The van der Waals surface area contributed by atoms with Gasteiger partial charge in [0.2, 0.25) is 0 Å². The number of halogens is 2. The van der Waals surface area contributed by atoms with Crippen molar-refractivity contribution in [1.82, 2.24) is 9.55 Å². The van der Waals surface area contributed by atoms with Crippen LogP contribution < -0.4 is 4.31 Å². The summed E-state index contributed by atoms with van der Waals surface area (Å²) in [6, 6.07) is 21.2. The van der Waals surface area contributed by atoms with Crippen molar-refractivity contribution in [3.63, 3.8) is 0 Å². The molecule has 0 saturated heterocycles. The first-order valence-electron chi connectivity index (χ1n) is 8.08. The average molecular weight is 449 g/mol. The molecule has 2 heterocycles. The van der Waals surface area contributed by atoms with Crippen LogP contribution in [0.3, 0.4) is 0 Å². The van der Waals surface area contributed by atoms with E-state index < -0.39 is 0 Å². The molecule has 0 radical (unpaired) electrons. The third-order valence-electron chi connectivity index (χ3n) is 3.97. The standard InChI is InChI=1S/C20H18BrN3S.ClH/c1-16-13-23(15-22-16)14-18-12-20(21)25(19-10-6-3-7-11-19)24(18)17-8-4-2-5-9-17;/h2-13,15H,14H2,1H3;1H. The zero-order valence-corrected chi connectivity index (χ0v) is 17.5. The Hall–Kier alpha value is -1.82. The van der Waals surface area contributed by atoms with Crippen LogP contribution >= 0.6 is 39.0 Å². The number of anilines is 1. The van der Waals surface area contributed by atoms with E-state index in [1.54, 1.807) is 0 Å². The second-order valence-corrected chi connectivity index (χ2v) is 9.08. The van der Waals surface area contributed by atoms with Gasteiger partial charge in [0.15, 0.2) is 0 Å². The number of hydrogen-bond acceptors (Lipinski definition) is 2. The highest BCUT2D eigenvalue weighted by atomic mass is 79.9. The van der Waals surface area contributed by atoms with E-state index in [9.17, 15) is 0 Å². The van der Waals surface area contributed by atoms with E-state index in [1.807, 2.05) is 13.3 Å². The van der Waals surface area contributed by atoms with Gasteiger partial charge in [-0.25, -0.2) is 4.98 Å². The molecule has 0 aliphatic carbocycles. The predicted molar refractivity (Wildman–Crippen MR) is 117 cm³/mol. The molecule has 2 aromatic carbocycles. The van der Waals surface area contributed by atoms with Crippen LogP contribution in [0.5, 0.6) is 0 Å². The number of aromatic nitrogens is 2. The molecule has 0 bridgehead atoms. The smallest absolute Gasteiger partial charge is 0.0952 e. The highest BCUT2D eigenvalue weighted by Crippen LogP contribution is 2.45. The Morgan fingerprint density at radius 2 is 1.65 bits per heavy atom. The molecule has 3 nitrogen and oxygen atoms in total. The van der Waals surface area contributed by atoms with Gasteiger partial charge >= 0.3 is 0 Å². The van der Waals surface area contributed by atoms with Crippen LogP contribution in [0.25, 0.3) is 0 Å². The predicted octanol–water partition coefficient (Wildman–Crippen LogP) is 5.79. The van der Waals surface area contributed by atoms with Gasteiger partial charge in [-0.2, -0.15) is 0 Å². The first-order chi connectivity index (χ1) is 12.2. The van der Waals surface area contributed by atoms with Gasteiger partial charge in [-0.05, 0) is 63.9 Å². The third-order valence-corrected chi connectivity index (χ3v) is 7.14. The lowest BCUT2D eigenvalue weighted by atomic mass is 10.3. The summed E-state index contributed by atoms with van der Waals surface area (Å²) >= 11 is 3.82. The van der Waals surface area contributed by atoms with E-state index in [0.29, 0.717) is 0 Å². The third kappa shape index (κ3) is 3.80. The topological polar surface area (TPSA) is 21.1 Å². The number of hydrogen-bond donors (Lipinski definition) is 0. The van der Waals surface area contributed by atoms with Gasteiger partial charge < -0.3 is 4.57 Å². The highest BCUT2D eigenvalue weighted by molar-refractivity contribution is 9.20. The monoisotopic (exact) mass is 447 g/mol. The summed E-state index contributed by atoms with van der Waals surface area (Å²) in [7, 11) is -0.181. The van der Waals surface area contributed by atoms with Crippen molar-refractivity contribution < 1.29 is 0 Å². The maximum atomic E-state index is 4.35. The van der Waals surface area contributed by atoms with E-state index in [2.05, 4.69) is 103 Å². The molecule has 0 fully saturated rings. The fourth-order valence-electron chi connectivity index (χ4n) is 2.91. The van der Waals surface area contributed by atoms with Gasteiger partial charge in [0.05, 0.1) is 33.7 Å². The van der Waals surface area contributed by atoms with Crippen molar-refractivity contribution >= 4 is 48.5 Å². The number of rotatable bonds is 4. The lowest BCUT2D eigenvalue weighted by Crippen LogP contribution is -2.17. The lowest BCUT2D eigenvalue weighted by Gasteiger charge is -2.27. The van der Waals surface area contributed by atoms with Crippen LogP contribution in [-0.2, 0) is 6.54 Å². The van der Waals surface area contributed by atoms with Crippen molar-refractivity contribution in [2.24, 2.45) is 0 Å². The summed E-state index contributed by atoms with van der Waals surface area (Å²) in [5, 5.41) is 0. The van der Waals surface area contributed by atoms with Crippen molar-refractivity contribution in [2.45, 2.75) is 18.4 Å². The molecular weight excluding hydrogens is 430 g/mol. The SMILES string of the molecule is Cc1cn(CC2=CC(Br)=S(c3ccccc3)N2c2ccccc2)cn1.Cl. The van der Waals surface area contributed by atoms with E-state index in [-0.39, 0.29) is 23.1 Å². The van der Waals surface area contributed by atoms with E-state index in [0.717, 1.165) is 12.2 Å². The molecule has 1 aliphatic rings. The minimum Gasteiger partial charge on any atom is -0.331 e. The van der Waals surface area contributed by atoms with Crippen LogP contribution in [0.4, 0.5) is 5.69 Å². The Balaban J connectivity index is 0.00000196. The minimum absolute atomic E-state index is 0. The average Bonchev–Trinajstić information content (AvgIpc) is 3.19. The summed E-state index contributed by atoms with van der Waals surface area (Å²) in [4.78, 5) is 5.65. The molecule has 0 saturated carbocycles. The van der Waals surface area contributed by atoms with E-state index >= 15 is 0 Å². The van der Waals surface area contributed by atoms with Crippen LogP contribution in [0.2, 0.25) is 0 Å². The number of imidazole rings is 1. The van der Waals surface area contributed by atoms with Crippen LogP contribution in [0.15, 0.2) is 89.9 Å². The Bertz CT molecular complexity index is 951. The lowest BCUT2D eigenvalue weighted by molar-refractivity contribution is 0.776. The molecule has 1 unspecified atom stereocenters. The fourth-order valence-corrected chi connectivity index (χ4v) is 6.12. The van der Waals surface area contributed by atoms with Crippen molar-refractivity contribution in [3.8, 4) is 0 Å². The second-order valence-electron chi connectivity index (χ2n) is 5.85. The minimum atomic E-state index is -0.181. The summed E-state index contributed by atoms with van der Waals surface area (Å²) in [6.45, 7) is 2.81. The van der Waals surface area contributed by atoms with Crippen molar-refractivity contribution in [1.29, 1.82) is 0 Å². The summed E-state index contributed by atoms with van der Waals surface area (Å²) in [5.74, 6) is 0. The molecule has 6 heteroatoms. The molecule has 0 N–H and O–H groups in total. The molecular formula is C20H19BrClN3S. The molecule has 1 aromatic heterocycles. The van der Waals surface area contributed by atoms with Gasteiger partial charge in [-0.3, -0.25) is 4.31 Å². The quantitative estimate of drug-likeness (QED) is 0.372. The van der Waals surface area contributed by atoms with Gasteiger partial charge in [-0.15, -0.1) is 12.4 Å². The first-order valence-corrected chi connectivity index (χ1v) is 10.1. The fraction of sp³-hybridized carbons (Fsp3) is 0.100. The maximum Gasteiger partial charge on any atom is 0.0952 e. The first kappa shape index (κ1) is 19.0. The van der Waals surface area contributed by atoms with Crippen LogP contribution in [0, 0.1) is 6.92 Å². The molecule has 0 spiro atoms. The summed E-state index contributed by atoms with van der Waals surface area (Å²) < 4.78 is 5.76. The number of allylic oxidation sites excluding steroid dienone is 2. The van der Waals surface area contributed by atoms with E-state index in [4.69, 9.17) is 0 Å². The molecule has 3 aromatic rings. The number of para-hydroxylation sites is 1. The van der Waals surface area contributed by atoms with Crippen LogP contribution in [0.1, 0.15) is 5.69 Å². The van der Waals surface area contributed by atoms with Gasteiger partial charge in [0.1, 0.15) is 0 Å². The zero-order chi connectivity index (χ0) is 17.2. The van der Waals surface area contributed by atoms with Crippen LogP contribution in [-0.4, -0.2) is 13.3 Å². The van der Waals surface area contributed by atoms with Gasteiger partial charge in [0, 0.05) is 11.1 Å². The summed E-state index contributed by atoms with van der Waals surface area (Å²) in [6.07, 6.45) is 6.22. The Kier molecular flexibility index (Phi) is 6.01. The molecule has 0 amide bonds. The largest absolute Gasteiger partial charge is 0.331 e. The molecule has 26 heavy (non-hydrogen) atoms. The number of aryl methyl sites for hydroxylation is 1. The molecule has 4 rings (SSSR count).